The molecule has 28 heavy (non-hydrogen) atoms. The van der Waals surface area contributed by atoms with E-state index in [9.17, 15) is 9.59 Å². The summed E-state index contributed by atoms with van der Waals surface area (Å²) in [4.78, 5) is 28.4. The van der Waals surface area contributed by atoms with Crippen LogP contribution in [0.4, 0.5) is 0 Å². The number of nitrogens with zero attached hydrogens (tertiary/aromatic N) is 3. The highest BCUT2D eigenvalue weighted by Gasteiger charge is 2.22. The van der Waals surface area contributed by atoms with Crippen molar-refractivity contribution in [1.82, 2.24) is 14.4 Å². The van der Waals surface area contributed by atoms with Crippen molar-refractivity contribution in [2.75, 3.05) is 13.1 Å². The van der Waals surface area contributed by atoms with Crippen LogP contribution >= 0.6 is 0 Å². The second-order valence-electron chi connectivity index (χ2n) is 7.52. The molecule has 0 fully saturated rings. The van der Waals surface area contributed by atoms with Crippen molar-refractivity contribution in [2.45, 2.75) is 59.7 Å². The maximum Gasteiger partial charge on any atom is 0.242 e. The largest absolute Gasteiger partial charge is 0.345 e. The fraction of sp³-hybridized carbons (Fsp3) is 0.478. The van der Waals surface area contributed by atoms with Crippen LogP contribution in [-0.2, 0) is 22.7 Å². The molecule has 2 amide bonds. The zero-order valence-corrected chi connectivity index (χ0v) is 17.6. The minimum Gasteiger partial charge on any atom is -0.345 e. The molecular formula is C23H33N3O2. The molecule has 1 heterocycles. The van der Waals surface area contributed by atoms with Gasteiger partial charge < -0.3 is 14.4 Å². The van der Waals surface area contributed by atoms with Crippen LogP contribution in [0, 0.1) is 0 Å². The molecule has 0 aliphatic rings. The molecule has 5 heteroatoms. The number of amides is 2. The monoisotopic (exact) mass is 383 g/mol. The first-order chi connectivity index (χ1) is 13.4. The Labute approximate surface area is 168 Å². The first-order valence-corrected chi connectivity index (χ1v) is 10.1. The van der Waals surface area contributed by atoms with Crippen LogP contribution in [0.3, 0.4) is 0 Å². The van der Waals surface area contributed by atoms with Crippen LogP contribution in [0.15, 0.2) is 48.7 Å². The van der Waals surface area contributed by atoms with Crippen LogP contribution in [0.2, 0.25) is 0 Å². The molecule has 0 bridgehead atoms. The van der Waals surface area contributed by atoms with Crippen molar-refractivity contribution in [3.05, 3.63) is 59.9 Å². The quantitative estimate of drug-likeness (QED) is 0.624. The van der Waals surface area contributed by atoms with Gasteiger partial charge in [0.15, 0.2) is 0 Å². The van der Waals surface area contributed by atoms with Crippen LogP contribution < -0.4 is 0 Å². The lowest BCUT2D eigenvalue weighted by Gasteiger charge is -2.30. The zero-order valence-electron chi connectivity index (χ0n) is 17.6. The number of carbonyl (C=O) groups is 2. The van der Waals surface area contributed by atoms with E-state index < -0.39 is 0 Å². The molecule has 0 saturated carbocycles. The van der Waals surface area contributed by atoms with Crippen LogP contribution in [-0.4, -0.2) is 45.3 Å². The molecule has 0 unspecified atom stereocenters. The molecule has 0 atom stereocenters. The molecule has 152 valence electrons. The smallest absolute Gasteiger partial charge is 0.242 e. The van der Waals surface area contributed by atoms with E-state index in [4.69, 9.17) is 0 Å². The average molecular weight is 384 g/mol. The summed E-state index contributed by atoms with van der Waals surface area (Å²) in [7, 11) is 0. The number of hydrogen-bond acceptors (Lipinski definition) is 2. The van der Waals surface area contributed by atoms with Gasteiger partial charge in [-0.1, -0.05) is 43.7 Å². The van der Waals surface area contributed by atoms with Gasteiger partial charge in [0.1, 0.15) is 0 Å². The number of aromatic nitrogens is 1. The van der Waals surface area contributed by atoms with Gasteiger partial charge in [-0.25, -0.2) is 0 Å². The number of hydrogen-bond donors (Lipinski definition) is 0. The fourth-order valence-electron chi connectivity index (χ4n) is 3.21. The summed E-state index contributed by atoms with van der Waals surface area (Å²) in [5, 5.41) is 0. The Bertz CT molecular complexity index is 752. The van der Waals surface area contributed by atoms with Crippen LogP contribution in [0.1, 0.15) is 51.8 Å². The maximum absolute atomic E-state index is 13.0. The Morgan fingerprint density at radius 1 is 1.07 bits per heavy atom. The van der Waals surface area contributed by atoms with Crippen molar-refractivity contribution in [2.24, 2.45) is 0 Å². The van der Waals surface area contributed by atoms with Gasteiger partial charge in [0.2, 0.25) is 11.8 Å². The molecule has 2 aromatic rings. The third kappa shape index (κ3) is 6.25. The lowest BCUT2D eigenvalue weighted by molar-refractivity contribution is -0.141. The summed E-state index contributed by atoms with van der Waals surface area (Å²) in [6.45, 7) is 9.75. The fourth-order valence-corrected chi connectivity index (χ4v) is 3.21. The first kappa shape index (κ1) is 21.7. The molecule has 0 saturated heterocycles. The van der Waals surface area contributed by atoms with E-state index in [-0.39, 0.29) is 24.4 Å². The zero-order chi connectivity index (χ0) is 20.5. The second kappa shape index (κ2) is 10.7. The molecule has 0 aliphatic heterocycles. The van der Waals surface area contributed by atoms with E-state index in [1.165, 1.54) is 12.5 Å². The Balaban J connectivity index is 2.09. The molecular weight excluding hydrogens is 350 g/mol. The second-order valence-corrected chi connectivity index (χ2v) is 7.52. The molecule has 0 aliphatic carbocycles. The van der Waals surface area contributed by atoms with E-state index in [0.717, 1.165) is 25.1 Å². The summed E-state index contributed by atoms with van der Waals surface area (Å²) in [5.41, 5.74) is 2.32. The van der Waals surface area contributed by atoms with E-state index in [2.05, 4.69) is 35.9 Å². The predicted octanol–water partition coefficient (Wildman–Crippen LogP) is 3.92. The standard InChI is InChI=1S/C23H33N3O2/c1-5-6-14-24(20(4)27)18-23(28)26(19(2)3)17-22-13-10-15-25(22)16-21-11-8-7-9-12-21/h7-13,15,19H,5-6,14,16-18H2,1-4H3. The third-order valence-corrected chi connectivity index (χ3v) is 4.95. The Hall–Kier alpha value is -2.56. The normalized spacial score (nSPS) is 10.9. The summed E-state index contributed by atoms with van der Waals surface area (Å²) in [6.07, 6.45) is 3.96. The number of rotatable bonds is 10. The topological polar surface area (TPSA) is 45.6 Å². The Kier molecular flexibility index (Phi) is 8.30. The number of carbonyl (C=O) groups excluding carboxylic acids is 2. The lowest BCUT2D eigenvalue weighted by Crippen LogP contribution is -2.45. The van der Waals surface area contributed by atoms with E-state index >= 15 is 0 Å². The summed E-state index contributed by atoms with van der Waals surface area (Å²) < 4.78 is 2.18. The molecule has 2 rings (SSSR count). The van der Waals surface area contributed by atoms with Crippen LogP contribution in [0.25, 0.3) is 0 Å². The predicted molar refractivity (Wildman–Crippen MR) is 113 cm³/mol. The van der Waals surface area contributed by atoms with Gasteiger partial charge in [0.25, 0.3) is 0 Å². The van der Waals surface area contributed by atoms with Gasteiger partial charge in [0, 0.05) is 37.9 Å². The summed E-state index contributed by atoms with van der Waals surface area (Å²) in [5.74, 6) is -0.0493. The highest BCUT2D eigenvalue weighted by atomic mass is 16.2. The highest BCUT2D eigenvalue weighted by molar-refractivity contribution is 5.84. The van der Waals surface area contributed by atoms with Gasteiger partial charge in [-0.2, -0.15) is 0 Å². The minimum atomic E-state index is -0.0436. The van der Waals surface area contributed by atoms with Crippen molar-refractivity contribution in [1.29, 1.82) is 0 Å². The van der Waals surface area contributed by atoms with E-state index in [1.807, 2.05) is 43.0 Å². The van der Waals surface area contributed by atoms with Gasteiger partial charge in [-0.15, -0.1) is 0 Å². The van der Waals surface area contributed by atoms with E-state index in [0.29, 0.717) is 13.1 Å². The highest BCUT2D eigenvalue weighted by Crippen LogP contribution is 2.13. The SMILES string of the molecule is CCCCN(CC(=O)N(Cc1cccn1Cc1ccccc1)C(C)C)C(C)=O. The first-order valence-electron chi connectivity index (χ1n) is 10.1. The molecule has 0 spiro atoms. The van der Waals surface area contributed by atoms with Crippen molar-refractivity contribution < 1.29 is 9.59 Å². The third-order valence-electron chi connectivity index (χ3n) is 4.95. The van der Waals surface area contributed by atoms with Gasteiger partial charge in [-0.05, 0) is 38.0 Å². The Morgan fingerprint density at radius 3 is 2.39 bits per heavy atom. The molecule has 5 nitrogen and oxygen atoms in total. The molecule has 1 aromatic carbocycles. The molecule has 0 radical (unpaired) electrons. The minimum absolute atomic E-state index is 0.00577. The summed E-state index contributed by atoms with van der Waals surface area (Å²) in [6, 6.07) is 14.4. The van der Waals surface area contributed by atoms with Gasteiger partial charge in [-0.3, -0.25) is 9.59 Å². The average Bonchev–Trinajstić information content (AvgIpc) is 3.10. The maximum atomic E-state index is 13.0. The Morgan fingerprint density at radius 2 is 1.79 bits per heavy atom. The summed E-state index contributed by atoms with van der Waals surface area (Å²) >= 11 is 0. The lowest BCUT2D eigenvalue weighted by atomic mass is 10.2. The van der Waals surface area contributed by atoms with E-state index in [1.54, 1.807) is 4.90 Å². The van der Waals surface area contributed by atoms with Crippen LogP contribution in [0.5, 0.6) is 0 Å². The van der Waals surface area contributed by atoms with Gasteiger partial charge >= 0.3 is 0 Å². The molecule has 1 aromatic heterocycles. The number of benzene rings is 1. The van der Waals surface area contributed by atoms with Crippen molar-refractivity contribution in [3.8, 4) is 0 Å². The van der Waals surface area contributed by atoms with Gasteiger partial charge in [0.05, 0.1) is 13.1 Å². The molecule has 0 N–H and O–H groups in total. The van der Waals surface area contributed by atoms with Crippen molar-refractivity contribution >= 4 is 11.8 Å². The number of unbranched alkanes of at least 4 members (excludes halogenated alkanes) is 1. The van der Waals surface area contributed by atoms with Crippen molar-refractivity contribution in [3.63, 3.8) is 0 Å².